The normalized spacial score (nSPS) is 19.4. The van der Waals surface area contributed by atoms with Gasteiger partial charge in [0.1, 0.15) is 0 Å². The molecule has 3 aromatic rings. The first-order valence-corrected chi connectivity index (χ1v) is 14.3. The Balaban J connectivity index is 1.41. The molecule has 0 spiro atoms. The largest absolute Gasteiger partial charge is 0.493 e. The fourth-order valence-electron chi connectivity index (χ4n) is 5.85. The van der Waals surface area contributed by atoms with Gasteiger partial charge in [0, 0.05) is 31.2 Å². The van der Waals surface area contributed by atoms with Gasteiger partial charge in [-0.1, -0.05) is 31.5 Å². The lowest BCUT2D eigenvalue weighted by Crippen LogP contribution is -2.45. The van der Waals surface area contributed by atoms with Gasteiger partial charge in [-0.05, 0) is 54.8 Å². The number of unbranched alkanes of at least 4 members (excludes halogenated alkanes) is 1. The number of pyridine rings is 1. The van der Waals surface area contributed by atoms with Crippen molar-refractivity contribution < 1.29 is 33.6 Å². The van der Waals surface area contributed by atoms with Crippen molar-refractivity contribution in [1.82, 2.24) is 9.88 Å². The van der Waals surface area contributed by atoms with Crippen molar-refractivity contribution in [1.29, 1.82) is 0 Å². The highest BCUT2D eigenvalue weighted by Crippen LogP contribution is 2.43. The Morgan fingerprint density at radius 1 is 1.10 bits per heavy atom. The summed E-state index contributed by atoms with van der Waals surface area (Å²) in [6.07, 6.45) is 5.55. The van der Waals surface area contributed by atoms with Crippen molar-refractivity contribution in [2.75, 3.05) is 45.0 Å². The molecule has 0 saturated carbocycles. The van der Waals surface area contributed by atoms with E-state index in [4.69, 9.17) is 18.9 Å². The van der Waals surface area contributed by atoms with E-state index in [1.807, 2.05) is 59.5 Å². The molecule has 5 rings (SSSR count). The van der Waals surface area contributed by atoms with Crippen molar-refractivity contribution in [2.24, 2.45) is 5.92 Å². The number of amides is 1. The van der Waals surface area contributed by atoms with Gasteiger partial charge in [0.25, 0.3) is 0 Å². The van der Waals surface area contributed by atoms with E-state index in [0.29, 0.717) is 42.5 Å². The molecule has 1 saturated heterocycles. The molecular weight excluding hydrogens is 538 g/mol. The maximum atomic E-state index is 13.8. The number of likely N-dealkylation sites (tertiary alicyclic amines) is 1. The van der Waals surface area contributed by atoms with Gasteiger partial charge < -0.3 is 29.0 Å². The van der Waals surface area contributed by atoms with Gasteiger partial charge in [0.15, 0.2) is 23.0 Å². The van der Waals surface area contributed by atoms with Crippen molar-refractivity contribution in [2.45, 2.75) is 38.1 Å². The maximum Gasteiger partial charge on any atom is 0.308 e. The van der Waals surface area contributed by atoms with Crippen LogP contribution in [0.1, 0.15) is 37.7 Å². The van der Waals surface area contributed by atoms with Crippen LogP contribution in [0, 0.1) is 5.92 Å². The number of carbonyl (C=O) groups is 2. The Kier molecular flexibility index (Phi) is 9.43. The van der Waals surface area contributed by atoms with Crippen molar-refractivity contribution in [3.05, 3.63) is 72.6 Å². The third-order valence-electron chi connectivity index (χ3n) is 7.93. The molecule has 2 aliphatic rings. The second kappa shape index (κ2) is 13.6. The van der Waals surface area contributed by atoms with Gasteiger partial charge in [-0.2, -0.15) is 0 Å². The zero-order valence-electron chi connectivity index (χ0n) is 24.0. The molecule has 1 aromatic heterocycles. The van der Waals surface area contributed by atoms with Crippen LogP contribution in [0.3, 0.4) is 0 Å². The first kappa shape index (κ1) is 29.2. The van der Waals surface area contributed by atoms with Gasteiger partial charge in [-0.3, -0.25) is 19.5 Å². The molecule has 3 heterocycles. The highest BCUT2D eigenvalue weighted by molar-refractivity contribution is 5.94. The molecule has 1 unspecified atom stereocenters. The standard InChI is InChI=1S/C32H37N3O7/c1-3-4-15-35(23-8-7-14-33-18-23)30(36)20-34-19-24(22-11-12-28-29(17-22)42-21-41-28)31(32(37)38)25(34)13-16-40-27-10-6-5-9-26(27)39-2/h5-12,14,17-18,24-25,31H,3-4,13,15-16,19-21H2,1-2H3,(H,37,38)/t24-,25+,31?/m1/s1. The van der Waals surface area contributed by atoms with E-state index in [0.717, 1.165) is 24.1 Å². The molecule has 0 aliphatic carbocycles. The van der Waals surface area contributed by atoms with Crippen molar-refractivity contribution >= 4 is 17.6 Å². The Bertz CT molecular complexity index is 1370. The quantitative estimate of drug-likeness (QED) is 0.313. The number of ether oxygens (including phenoxy) is 4. The Labute approximate surface area is 245 Å². The molecule has 0 radical (unpaired) electrons. The maximum absolute atomic E-state index is 13.8. The van der Waals surface area contributed by atoms with E-state index < -0.39 is 17.9 Å². The summed E-state index contributed by atoms with van der Waals surface area (Å²) in [7, 11) is 1.58. The van der Waals surface area contributed by atoms with Crippen LogP contribution >= 0.6 is 0 Å². The van der Waals surface area contributed by atoms with E-state index >= 15 is 0 Å². The third kappa shape index (κ3) is 6.44. The highest BCUT2D eigenvalue weighted by atomic mass is 16.7. The van der Waals surface area contributed by atoms with Gasteiger partial charge >= 0.3 is 5.97 Å². The summed E-state index contributed by atoms with van der Waals surface area (Å²) in [6.45, 7) is 3.51. The monoisotopic (exact) mass is 575 g/mol. The number of carboxylic acid groups (broad SMARTS) is 1. The molecule has 222 valence electrons. The van der Waals surface area contributed by atoms with E-state index in [1.54, 1.807) is 24.4 Å². The summed E-state index contributed by atoms with van der Waals surface area (Å²) in [5.74, 6) is 0.303. The first-order chi connectivity index (χ1) is 20.5. The van der Waals surface area contributed by atoms with Crippen LogP contribution < -0.4 is 23.8 Å². The van der Waals surface area contributed by atoms with Crippen LogP contribution in [0.2, 0.25) is 0 Å². The molecule has 0 bridgehead atoms. The predicted molar refractivity (Wildman–Crippen MR) is 156 cm³/mol. The fraction of sp³-hybridized carbons (Fsp3) is 0.406. The molecular formula is C32H37N3O7. The zero-order chi connectivity index (χ0) is 29.5. The lowest BCUT2D eigenvalue weighted by Gasteiger charge is -2.29. The molecule has 2 aromatic carbocycles. The molecule has 2 aliphatic heterocycles. The number of nitrogens with zero attached hydrogens (tertiary/aromatic N) is 3. The summed E-state index contributed by atoms with van der Waals surface area (Å²) >= 11 is 0. The smallest absolute Gasteiger partial charge is 0.308 e. The van der Waals surface area contributed by atoms with Gasteiger partial charge in [-0.15, -0.1) is 0 Å². The Morgan fingerprint density at radius 3 is 2.64 bits per heavy atom. The lowest BCUT2D eigenvalue weighted by molar-refractivity contribution is -0.143. The molecule has 10 nitrogen and oxygen atoms in total. The van der Waals surface area contributed by atoms with Crippen molar-refractivity contribution in [3.63, 3.8) is 0 Å². The second-order valence-electron chi connectivity index (χ2n) is 10.5. The number of fused-ring (bicyclic) bond motifs is 1. The van der Waals surface area contributed by atoms with Crippen LogP contribution in [-0.2, 0) is 9.59 Å². The van der Waals surface area contributed by atoms with E-state index in [1.165, 1.54) is 0 Å². The number of aromatic nitrogens is 1. The molecule has 1 amide bonds. The molecule has 1 N–H and O–H groups in total. The topological polar surface area (TPSA) is 111 Å². The average molecular weight is 576 g/mol. The van der Waals surface area contributed by atoms with Crippen LogP contribution in [-0.4, -0.2) is 73.1 Å². The fourth-order valence-corrected chi connectivity index (χ4v) is 5.85. The van der Waals surface area contributed by atoms with E-state index in [9.17, 15) is 14.7 Å². The Morgan fingerprint density at radius 2 is 1.90 bits per heavy atom. The number of hydrogen-bond acceptors (Lipinski definition) is 8. The number of carbonyl (C=O) groups excluding carboxylic acids is 1. The zero-order valence-corrected chi connectivity index (χ0v) is 24.0. The summed E-state index contributed by atoms with van der Waals surface area (Å²) in [5.41, 5.74) is 1.57. The number of anilines is 1. The van der Waals surface area contributed by atoms with Gasteiger partial charge in [0.2, 0.25) is 12.7 Å². The second-order valence-corrected chi connectivity index (χ2v) is 10.5. The van der Waals surface area contributed by atoms with Gasteiger partial charge in [0.05, 0.1) is 38.1 Å². The Hall–Kier alpha value is -4.31. The summed E-state index contributed by atoms with van der Waals surface area (Å²) in [5, 5.41) is 10.5. The van der Waals surface area contributed by atoms with Crippen molar-refractivity contribution in [3.8, 4) is 23.0 Å². The number of para-hydroxylation sites is 2. The van der Waals surface area contributed by atoms with Crippen LogP contribution in [0.5, 0.6) is 23.0 Å². The number of carboxylic acids is 1. The predicted octanol–water partition coefficient (Wildman–Crippen LogP) is 4.59. The van der Waals surface area contributed by atoms with E-state index in [-0.39, 0.29) is 31.8 Å². The van der Waals surface area contributed by atoms with Gasteiger partial charge in [-0.25, -0.2) is 0 Å². The van der Waals surface area contributed by atoms with E-state index in [2.05, 4.69) is 11.9 Å². The van der Waals surface area contributed by atoms with Crippen LogP contribution in [0.25, 0.3) is 0 Å². The molecule has 3 atom stereocenters. The summed E-state index contributed by atoms with van der Waals surface area (Å²) in [6, 6.07) is 16.2. The number of aliphatic carboxylic acids is 1. The summed E-state index contributed by atoms with van der Waals surface area (Å²) < 4.78 is 22.5. The highest BCUT2D eigenvalue weighted by Gasteiger charge is 2.47. The number of hydrogen-bond donors (Lipinski definition) is 1. The average Bonchev–Trinajstić information content (AvgIpc) is 3.62. The minimum Gasteiger partial charge on any atom is -0.493 e. The SMILES string of the molecule is CCCCN(C(=O)CN1C[C@H](c2ccc3c(c2)OCO3)C(C(=O)O)[C@@H]1CCOc1ccccc1OC)c1cccnc1. The van der Waals surface area contributed by atoms with Crippen LogP contribution in [0.15, 0.2) is 67.0 Å². The minimum absolute atomic E-state index is 0.0722. The number of methoxy groups -OCH3 is 1. The minimum atomic E-state index is -0.912. The molecule has 42 heavy (non-hydrogen) atoms. The summed E-state index contributed by atoms with van der Waals surface area (Å²) in [4.78, 5) is 34.6. The first-order valence-electron chi connectivity index (χ1n) is 14.3. The molecule has 10 heteroatoms. The lowest BCUT2D eigenvalue weighted by atomic mass is 9.84. The number of benzene rings is 2. The third-order valence-corrected chi connectivity index (χ3v) is 7.93. The number of rotatable bonds is 13. The molecule has 1 fully saturated rings. The van der Waals surface area contributed by atoms with Crippen LogP contribution in [0.4, 0.5) is 5.69 Å².